The van der Waals surface area contributed by atoms with E-state index in [0.29, 0.717) is 13.0 Å². The van der Waals surface area contributed by atoms with E-state index >= 15 is 0 Å². The van der Waals surface area contributed by atoms with Gasteiger partial charge in [0, 0.05) is 6.54 Å². The van der Waals surface area contributed by atoms with Gasteiger partial charge in [-0.15, -0.1) is 0 Å². The van der Waals surface area contributed by atoms with Crippen LogP contribution in [-0.4, -0.2) is 52.0 Å². The highest BCUT2D eigenvalue weighted by molar-refractivity contribution is 5.85. The van der Waals surface area contributed by atoms with Gasteiger partial charge in [-0.25, -0.2) is 4.79 Å². The highest BCUT2D eigenvalue weighted by Gasteiger charge is 2.43. The number of ether oxygens (including phenoxy) is 1. The van der Waals surface area contributed by atoms with Crippen molar-refractivity contribution in [3.8, 4) is 0 Å². The van der Waals surface area contributed by atoms with Crippen molar-refractivity contribution in [1.29, 1.82) is 0 Å². The Hall–Kier alpha value is -2.90. The molecule has 0 bridgehead atoms. The number of aliphatic hydroxyl groups is 1. The lowest BCUT2D eigenvalue weighted by molar-refractivity contribution is -0.132. The molecule has 172 valence electrons. The zero-order chi connectivity index (χ0) is 23.3. The van der Waals surface area contributed by atoms with E-state index in [9.17, 15) is 14.7 Å². The van der Waals surface area contributed by atoms with Crippen molar-refractivity contribution in [2.24, 2.45) is 0 Å². The number of carbonyl (C=O) groups excluding carboxylic acids is 2. The average Bonchev–Trinajstić information content (AvgIpc) is 3.01. The standard InChI is InChI=1S/C25H33N3O4/c1-17-26-21(23(30)28(17)16-19-13-9-6-10-14-19)22(29)20(15-18-11-7-5-8-12-18)27-24(31)32-25(2,3)4/h5-14,17,20-22,26,29H,15-16H2,1-4H3,(H,27,31)/t17?,20-,21-,22+/m0/s1. The summed E-state index contributed by atoms with van der Waals surface area (Å²) < 4.78 is 5.39. The van der Waals surface area contributed by atoms with Crippen LogP contribution in [0.5, 0.6) is 0 Å². The van der Waals surface area contributed by atoms with Gasteiger partial charge in [-0.2, -0.15) is 0 Å². The Balaban J connectivity index is 1.76. The molecule has 2 amide bonds. The van der Waals surface area contributed by atoms with Crippen LogP contribution in [0.1, 0.15) is 38.8 Å². The summed E-state index contributed by atoms with van der Waals surface area (Å²) in [5.41, 5.74) is 1.28. The zero-order valence-electron chi connectivity index (χ0n) is 19.1. The molecule has 0 saturated carbocycles. The van der Waals surface area contributed by atoms with Crippen LogP contribution in [0.2, 0.25) is 0 Å². The zero-order valence-corrected chi connectivity index (χ0v) is 19.1. The van der Waals surface area contributed by atoms with Crippen molar-refractivity contribution in [2.45, 2.75) is 70.6 Å². The third-order valence-electron chi connectivity index (χ3n) is 5.39. The van der Waals surface area contributed by atoms with Crippen LogP contribution in [0.15, 0.2) is 60.7 Å². The smallest absolute Gasteiger partial charge is 0.407 e. The SMILES string of the molecule is CC1N[C@@H]([C@H](O)[C@H](Cc2ccccc2)NC(=O)OC(C)(C)C)C(=O)N1Cc1ccccc1. The first-order chi connectivity index (χ1) is 15.1. The van der Waals surface area contributed by atoms with Gasteiger partial charge in [0.25, 0.3) is 0 Å². The molecule has 2 aromatic rings. The lowest BCUT2D eigenvalue weighted by Crippen LogP contribution is -2.55. The second-order valence-corrected chi connectivity index (χ2v) is 9.21. The number of hydrogen-bond acceptors (Lipinski definition) is 5. The summed E-state index contributed by atoms with van der Waals surface area (Å²) in [5, 5.41) is 17.2. The van der Waals surface area contributed by atoms with E-state index in [1.165, 1.54) is 0 Å². The van der Waals surface area contributed by atoms with Gasteiger partial charge >= 0.3 is 6.09 Å². The number of rotatable bonds is 7. The van der Waals surface area contributed by atoms with Gasteiger partial charge in [-0.05, 0) is 45.2 Å². The maximum Gasteiger partial charge on any atom is 0.407 e. The van der Waals surface area contributed by atoms with Crippen molar-refractivity contribution in [3.05, 3.63) is 71.8 Å². The molecule has 0 aliphatic carbocycles. The maximum atomic E-state index is 13.2. The van der Waals surface area contributed by atoms with Crippen LogP contribution in [0.4, 0.5) is 4.79 Å². The Morgan fingerprint density at radius 1 is 1.09 bits per heavy atom. The Morgan fingerprint density at radius 3 is 2.22 bits per heavy atom. The molecule has 7 nitrogen and oxygen atoms in total. The molecule has 1 heterocycles. The molecule has 0 radical (unpaired) electrons. The number of hydrogen-bond donors (Lipinski definition) is 3. The second-order valence-electron chi connectivity index (χ2n) is 9.21. The Morgan fingerprint density at radius 2 is 1.66 bits per heavy atom. The lowest BCUT2D eigenvalue weighted by atomic mass is 9.96. The molecule has 1 unspecified atom stereocenters. The summed E-state index contributed by atoms with van der Waals surface area (Å²) in [6, 6.07) is 17.7. The Labute approximate surface area is 189 Å². The molecule has 4 atom stereocenters. The van der Waals surface area contributed by atoms with E-state index in [0.717, 1.165) is 11.1 Å². The largest absolute Gasteiger partial charge is 0.444 e. The monoisotopic (exact) mass is 439 g/mol. The van der Waals surface area contributed by atoms with Crippen LogP contribution in [0.3, 0.4) is 0 Å². The Kier molecular flexibility index (Phi) is 7.53. The number of nitrogens with one attached hydrogen (secondary N) is 2. The van der Waals surface area contributed by atoms with Gasteiger partial charge < -0.3 is 20.1 Å². The normalized spacial score (nSPS) is 20.7. The van der Waals surface area contributed by atoms with E-state index < -0.39 is 29.9 Å². The van der Waals surface area contributed by atoms with E-state index in [1.807, 2.05) is 67.6 Å². The summed E-state index contributed by atoms with van der Waals surface area (Å²) in [7, 11) is 0. The first kappa shape index (κ1) is 23.8. The Bertz CT molecular complexity index is 898. The fraction of sp³-hybridized carbons (Fsp3) is 0.440. The lowest BCUT2D eigenvalue weighted by Gasteiger charge is -2.29. The predicted molar refractivity (Wildman–Crippen MR) is 123 cm³/mol. The molecule has 7 heteroatoms. The summed E-state index contributed by atoms with van der Waals surface area (Å²) >= 11 is 0. The van der Waals surface area contributed by atoms with E-state index in [1.54, 1.807) is 25.7 Å². The van der Waals surface area contributed by atoms with Gasteiger partial charge in [0.05, 0.1) is 18.3 Å². The molecule has 2 aromatic carbocycles. The van der Waals surface area contributed by atoms with Crippen molar-refractivity contribution in [1.82, 2.24) is 15.5 Å². The van der Waals surface area contributed by atoms with Crippen LogP contribution < -0.4 is 10.6 Å². The van der Waals surface area contributed by atoms with Gasteiger partial charge in [-0.1, -0.05) is 60.7 Å². The van der Waals surface area contributed by atoms with E-state index in [-0.39, 0.29) is 12.1 Å². The molecule has 1 saturated heterocycles. The highest BCUT2D eigenvalue weighted by Crippen LogP contribution is 2.20. The van der Waals surface area contributed by atoms with E-state index in [2.05, 4.69) is 10.6 Å². The van der Waals surface area contributed by atoms with E-state index in [4.69, 9.17) is 4.74 Å². The minimum atomic E-state index is -1.14. The fourth-order valence-electron chi connectivity index (χ4n) is 3.85. The molecule has 32 heavy (non-hydrogen) atoms. The van der Waals surface area contributed by atoms with Gasteiger partial charge in [0.15, 0.2) is 0 Å². The van der Waals surface area contributed by atoms with Crippen LogP contribution in [0, 0.1) is 0 Å². The van der Waals surface area contributed by atoms with Gasteiger partial charge in [-0.3, -0.25) is 10.1 Å². The third-order valence-corrected chi connectivity index (χ3v) is 5.39. The average molecular weight is 440 g/mol. The third kappa shape index (κ3) is 6.31. The summed E-state index contributed by atoms with van der Waals surface area (Å²) in [4.78, 5) is 27.4. The maximum absolute atomic E-state index is 13.2. The summed E-state index contributed by atoms with van der Waals surface area (Å²) in [6.45, 7) is 7.67. The minimum absolute atomic E-state index is 0.196. The molecular weight excluding hydrogens is 406 g/mol. The number of alkyl carbamates (subject to hydrolysis) is 1. The van der Waals surface area contributed by atoms with Crippen LogP contribution in [0.25, 0.3) is 0 Å². The summed E-state index contributed by atoms with van der Waals surface area (Å²) in [6.07, 6.45) is -1.66. The van der Waals surface area contributed by atoms with Gasteiger partial charge in [0.2, 0.25) is 5.91 Å². The molecule has 0 spiro atoms. The molecule has 3 rings (SSSR count). The quantitative estimate of drug-likeness (QED) is 0.617. The molecule has 3 N–H and O–H groups in total. The molecular formula is C25H33N3O4. The molecule has 1 aliphatic rings. The van der Waals surface area contributed by atoms with Crippen molar-refractivity contribution >= 4 is 12.0 Å². The summed E-state index contributed by atoms with van der Waals surface area (Å²) in [5.74, 6) is -0.196. The molecule has 1 aliphatic heterocycles. The van der Waals surface area contributed by atoms with Crippen LogP contribution in [-0.2, 0) is 22.5 Å². The van der Waals surface area contributed by atoms with Crippen molar-refractivity contribution in [3.63, 3.8) is 0 Å². The first-order valence-corrected chi connectivity index (χ1v) is 11.0. The van der Waals surface area contributed by atoms with Crippen molar-refractivity contribution in [2.75, 3.05) is 0 Å². The topological polar surface area (TPSA) is 90.9 Å². The minimum Gasteiger partial charge on any atom is -0.444 e. The number of nitrogens with zero attached hydrogens (tertiary/aromatic N) is 1. The number of amides is 2. The number of aliphatic hydroxyl groups excluding tert-OH is 1. The highest BCUT2D eigenvalue weighted by atomic mass is 16.6. The van der Waals surface area contributed by atoms with Gasteiger partial charge in [0.1, 0.15) is 11.6 Å². The molecule has 1 fully saturated rings. The first-order valence-electron chi connectivity index (χ1n) is 11.0. The van der Waals surface area contributed by atoms with Crippen molar-refractivity contribution < 1.29 is 19.4 Å². The number of benzene rings is 2. The number of carbonyl (C=O) groups is 2. The molecule has 0 aromatic heterocycles. The fourth-order valence-corrected chi connectivity index (χ4v) is 3.85. The van der Waals surface area contributed by atoms with Crippen LogP contribution >= 0.6 is 0 Å². The second kappa shape index (κ2) is 10.1. The predicted octanol–water partition coefficient (Wildman–Crippen LogP) is 2.83.